The highest BCUT2D eigenvalue weighted by molar-refractivity contribution is 6.02. The summed E-state index contributed by atoms with van der Waals surface area (Å²) in [6, 6.07) is 0. The van der Waals surface area contributed by atoms with Crippen molar-refractivity contribution in [3.8, 4) is 0 Å². The second kappa shape index (κ2) is 5.55. The Balaban J connectivity index is 2.22. The summed E-state index contributed by atoms with van der Waals surface area (Å²) in [7, 11) is 0. The van der Waals surface area contributed by atoms with Gasteiger partial charge in [-0.2, -0.15) is 18.3 Å². The molecule has 2 rings (SSSR count). The van der Waals surface area contributed by atoms with Gasteiger partial charge in [0.15, 0.2) is 0 Å². The molecule has 7 heteroatoms. The molecule has 20 heavy (non-hydrogen) atoms. The fourth-order valence-electron chi connectivity index (χ4n) is 2.49. The first kappa shape index (κ1) is 15.0. The zero-order valence-corrected chi connectivity index (χ0v) is 11.5. The van der Waals surface area contributed by atoms with Crippen LogP contribution in [-0.4, -0.2) is 34.5 Å². The van der Waals surface area contributed by atoms with Gasteiger partial charge in [0.2, 0.25) is 0 Å². The number of hydrogen-bond donors (Lipinski definition) is 0. The van der Waals surface area contributed by atoms with Crippen molar-refractivity contribution in [2.24, 2.45) is 0 Å². The molecule has 112 valence electrons. The van der Waals surface area contributed by atoms with Gasteiger partial charge in [0.25, 0.3) is 5.78 Å². The lowest BCUT2D eigenvalue weighted by molar-refractivity contribution is -0.0886. The van der Waals surface area contributed by atoms with Gasteiger partial charge in [-0.15, -0.1) is 0 Å². The van der Waals surface area contributed by atoms with Gasteiger partial charge in [-0.05, 0) is 33.1 Å². The molecule has 1 fully saturated rings. The van der Waals surface area contributed by atoms with E-state index in [0.29, 0.717) is 13.2 Å². The van der Waals surface area contributed by atoms with E-state index in [1.165, 1.54) is 18.5 Å². The third kappa shape index (κ3) is 3.03. The molecule has 1 aliphatic heterocycles. The van der Waals surface area contributed by atoms with E-state index in [1.807, 2.05) is 0 Å². The van der Waals surface area contributed by atoms with Crippen LogP contribution in [0.5, 0.6) is 0 Å². The maximum absolute atomic E-state index is 12.6. The summed E-state index contributed by atoms with van der Waals surface area (Å²) in [4.78, 5) is 11.4. The standard InChI is InChI=1S/C13H17F3N2O2/c1-8-11(12(19)13(14,15)16)9(2)18(17-8)7-10-5-3-4-6-20-10/h10H,3-7H2,1-2H3. The third-order valence-electron chi connectivity index (χ3n) is 3.52. The van der Waals surface area contributed by atoms with Crippen LogP contribution in [0.25, 0.3) is 0 Å². The molecule has 1 atom stereocenters. The van der Waals surface area contributed by atoms with Crippen LogP contribution in [0.15, 0.2) is 0 Å². The molecule has 0 N–H and O–H groups in total. The zero-order valence-electron chi connectivity index (χ0n) is 11.5. The van der Waals surface area contributed by atoms with Crippen molar-refractivity contribution in [2.75, 3.05) is 6.61 Å². The molecular formula is C13H17F3N2O2. The average Bonchev–Trinajstić information content (AvgIpc) is 2.64. The molecule has 0 spiro atoms. The van der Waals surface area contributed by atoms with Gasteiger partial charge in [-0.25, -0.2) is 0 Å². The van der Waals surface area contributed by atoms with Crippen LogP contribution < -0.4 is 0 Å². The van der Waals surface area contributed by atoms with E-state index in [9.17, 15) is 18.0 Å². The van der Waals surface area contributed by atoms with Crippen molar-refractivity contribution in [3.05, 3.63) is 17.0 Å². The highest BCUT2D eigenvalue weighted by Crippen LogP contribution is 2.26. The van der Waals surface area contributed by atoms with Gasteiger partial charge in [-0.1, -0.05) is 0 Å². The molecule has 0 amide bonds. The van der Waals surface area contributed by atoms with Crippen LogP contribution in [0, 0.1) is 13.8 Å². The average molecular weight is 290 g/mol. The number of ether oxygens (including phenoxy) is 1. The van der Waals surface area contributed by atoms with Crippen LogP contribution in [0.2, 0.25) is 0 Å². The smallest absolute Gasteiger partial charge is 0.376 e. The molecule has 1 saturated heterocycles. The summed E-state index contributed by atoms with van der Waals surface area (Å²) < 4.78 is 44.6. The van der Waals surface area contributed by atoms with E-state index in [-0.39, 0.29) is 23.1 Å². The van der Waals surface area contributed by atoms with Crippen molar-refractivity contribution in [1.82, 2.24) is 9.78 Å². The Labute approximate surface area is 114 Å². The number of carbonyl (C=O) groups excluding carboxylic acids is 1. The molecule has 0 bridgehead atoms. The van der Waals surface area contributed by atoms with Gasteiger partial charge in [0.05, 0.1) is 23.9 Å². The number of rotatable bonds is 3. The van der Waals surface area contributed by atoms with E-state index >= 15 is 0 Å². The Morgan fingerprint density at radius 2 is 2.10 bits per heavy atom. The van der Waals surface area contributed by atoms with Crippen LogP contribution >= 0.6 is 0 Å². The van der Waals surface area contributed by atoms with Gasteiger partial charge in [-0.3, -0.25) is 9.48 Å². The molecule has 0 aliphatic carbocycles. The van der Waals surface area contributed by atoms with Gasteiger partial charge in [0.1, 0.15) is 0 Å². The number of Topliss-reactive ketones (excluding diaryl/α,β-unsaturated/α-hetero) is 1. The normalized spacial score (nSPS) is 20.1. The van der Waals surface area contributed by atoms with Crippen molar-refractivity contribution in [1.29, 1.82) is 0 Å². The topological polar surface area (TPSA) is 44.1 Å². The minimum absolute atomic E-state index is 0.0458. The monoisotopic (exact) mass is 290 g/mol. The van der Waals surface area contributed by atoms with Crippen molar-refractivity contribution in [3.63, 3.8) is 0 Å². The van der Waals surface area contributed by atoms with Gasteiger partial charge >= 0.3 is 6.18 Å². The third-order valence-corrected chi connectivity index (χ3v) is 3.52. The Hall–Kier alpha value is -1.37. The largest absolute Gasteiger partial charge is 0.455 e. The fourth-order valence-corrected chi connectivity index (χ4v) is 2.49. The van der Waals surface area contributed by atoms with Crippen molar-refractivity contribution < 1.29 is 22.7 Å². The highest BCUT2D eigenvalue weighted by Gasteiger charge is 2.42. The fraction of sp³-hybridized carbons (Fsp3) is 0.692. The predicted octanol–water partition coefficient (Wildman–Crippen LogP) is 2.81. The summed E-state index contributed by atoms with van der Waals surface area (Å²) >= 11 is 0. The number of hydrogen-bond acceptors (Lipinski definition) is 3. The summed E-state index contributed by atoms with van der Waals surface area (Å²) in [6.45, 7) is 3.96. The Bertz CT molecular complexity index is 502. The maximum atomic E-state index is 12.6. The molecule has 0 saturated carbocycles. The summed E-state index contributed by atoms with van der Waals surface area (Å²) in [5.74, 6) is -1.83. The molecule has 4 nitrogen and oxygen atoms in total. The number of carbonyl (C=O) groups is 1. The van der Waals surface area contributed by atoms with Crippen LogP contribution in [0.1, 0.15) is 41.0 Å². The van der Waals surface area contributed by atoms with Crippen molar-refractivity contribution in [2.45, 2.75) is 51.9 Å². The van der Waals surface area contributed by atoms with E-state index in [0.717, 1.165) is 19.3 Å². The second-order valence-corrected chi connectivity index (χ2v) is 5.04. The minimum atomic E-state index is -4.87. The number of alkyl halides is 3. The van der Waals surface area contributed by atoms with E-state index in [2.05, 4.69) is 5.10 Å². The second-order valence-electron chi connectivity index (χ2n) is 5.04. The lowest BCUT2D eigenvalue weighted by atomic mass is 10.1. The van der Waals surface area contributed by atoms with E-state index < -0.39 is 12.0 Å². The Morgan fingerprint density at radius 1 is 1.40 bits per heavy atom. The Morgan fingerprint density at radius 3 is 2.65 bits per heavy atom. The SMILES string of the molecule is Cc1nn(CC2CCCCO2)c(C)c1C(=O)C(F)(F)F. The number of halogens is 3. The van der Waals surface area contributed by atoms with Gasteiger partial charge in [0, 0.05) is 12.3 Å². The molecule has 1 aromatic rings. The number of nitrogens with zero attached hydrogens (tertiary/aromatic N) is 2. The first-order valence-corrected chi connectivity index (χ1v) is 6.58. The lowest BCUT2D eigenvalue weighted by Gasteiger charge is -2.23. The predicted molar refractivity (Wildman–Crippen MR) is 65.7 cm³/mol. The molecule has 1 aromatic heterocycles. The molecular weight excluding hydrogens is 273 g/mol. The number of aryl methyl sites for hydroxylation is 1. The van der Waals surface area contributed by atoms with Crippen LogP contribution in [0.4, 0.5) is 13.2 Å². The summed E-state index contributed by atoms with van der Waals surface area (Å²) in [5.41, 5.74) is 0.0212. The molecule has 0 aromatic carbocycles. The summed E-state index contributed by atoms with van der Waals surface area (Å²) in [5, 5.41) is 4.05. The van der Waals surface area contributed by atoms with E-state index in [4.69, 9.17) is 4.74 Å². The lowest BCUT2D eigenvalue weighted by Crippen LogP contribution is -2.26. The maximum Gasteiger partial charge on any atom is 0.455 e. The molecule has 2 heterocycles. The quantitative estimate of drug-likeness (QED) is 0.804. The number of aromatic nitrogens is 2. The zero-order chi connectivity index (χ0) is 14.9. The molecule has 0 radical (unpaired) electrons. The molecule has 1 aliphatic rings. The van der Waals surface area contributed by atoms with Crippen molar-refractivity contribution >= 4 is 5.78 Å². The summed E-state index contributed by atoms with van der Waals surface area (Å²) in [6.07, 6.45) is -2.01. The highest BCUT2D eigenvalue weighted by atomic mass is 19.4. The molecule has 1 unspecified atom stereocenters. The van der Waals surface area contributed by atoms with Crippen LogP contribution in [0.3, 0.4) is 0 Å². The van der Waals surface area contributed by atoms with E-state index in [1.54, 1.807) is 0 Å². The first-order valence-electron chi connectivity index (χ1n) is 6.58. The minimum Gasteiger partial charge on any atom is -0.376 e. The Kier molecular flexibility index (Phi) is 4.17. The van der Waals surface area contributed by atoms with Gasteiger partial charge < -0.3 is 4.74 Å². The number of ketones is 1. The van der Waals surface area contributed by atoms with Crippen LogP contribution in [-0.2, 0) is 11.3 Å². The first-order chi connectivity index (χ1) is 9.30.